The first-order valence-electron chi connectivity index (χ1n) is 8.56. The van der Waals surface area contributed by atoms with E-state index in [0.29, 0.717) is 5.39 Å². The van der Waals surface area contributed by atoms with Gasteiger partial charge in [0.25, 0.3) is 5.91 Å². The Morgan fingerprint density at radius 1 is 1.15 bits per heavy atom. The molecule has 1 aromatic carbocycles. The fraction of sp³-hybridized carbons (Fsp3) is 0.158. The lowest BCUT2D eigenvalue weighted by molar-refractivity contribution is -0.122. The van der Waals surface area contributed by atoms with Crippen LogP contribution in [0.5, 0.6) is 0 Å². The quantitative estimate of drug-likeness (QED) is 0.434. The average Bonchev–Trinajstić information content (AvgIpc) is 3.32. The van der Waals surface area contributed by atoms with E-state index >= 15 is 0 Å². The Morgan fingerprint density at radius 2 is 2.00 bits per heavy atom. The summed E-state index contributed by atoms with van der Waals surface area (Å²) >= 11 is 0. The molecule has 3 aromatic heterocycles. The van der Waals surface area contributed by atoms with Crippen LogP contribution in [0.1, 0.15) is 23.1 Å². The Bertz CT molecular complexity index is 1130. The smallest absolute Gasteiger partial charge is 0.273 e. The van der Waals surface area contributed by atoms with E-state index in [-0.39, 0.29) is 18.1 Å². The summed E-state index contributed by atoms with van der Waals surface area (Å²) < 4.78 is 0. The second-order valence-corrected chi connectivity index (χ2v) is 6.25. The molecule has 0 radical (unpaired) electrons. The molecule has 0 aliphatic heterocycles. The summed E-state index contributed by atoms with van der Waals surface area (Å²) in [6.07, 6.45) is 1.82. The molecule has 0 aliphatic rings. The van der Waals surface area contributed by atoms with E-state index in [9.17, 15) is 9.59 Å². The molecule has 4 rings (SSSR count). The number of rotatable bonds is 5. The number of carbonyl (C=O) groups excluding carboxylic acids is 2. The fourth-order valence-corrected chi connectivity index (χ4v) is 2.87. The number of carbonyl (C=O) groups is 2. The Kier molecular flexibility index (Phi) is 4.29. The maximum absolute atomic E-state index is 12.4. The van der Waals surface area contributed by atoms with Crippen molar-refractivity contribution in [2.24, 2.45) is 0 Å². The van der Waals surface area contributed by atoms with Gasteiger partial charge in [-0.1, -0.05) is 18.2 Å². The number of hydrogen-bond acceptors (Lipinski definition) is 4. The highest BCUT2D eigenvalue weighted by Gasteiger charge is 2.20. The second-order valence-electron chi connectivity index (χ2n) is 6.25. The van der Waals surface area contributed by atoms with Crippen LogP contribution in [0.2, 0.25) is 0 Å². The zero-order chi connectivity index (χ0) is 18.8. The number of amides is 2. The average molecular weight is 362 g/mol. The molecule has 0 spiro atoms. The Balaban J connectivity index is 1.37. The Labute approximate surface area is 154 Å². The van der Waals surface area contributed by atoms with Crippen molar-refractivity contribution >= 4 is 33.8 Å². The number of aromatic nitrogens is 4. The third kappa shape index (κ3) is 3.37. The normalized spacial score (nSPS) is 12.2. The van der Waals surface area contributed by atoms with Gasteiger partial charge in [-0.05, 0) is 31.2 Å². The minimum absolute atomic E-state index is 0.268. The van der Waals surface area contributed by atoms with Gasteiger partial charge in [0, 0.05) is 17.0 Å². The van der Waals surface area contributed by atoms with Gasteiger partial charge in [0.05, 0.1) is 17.8 Å². The fourth-order valence-electron chi connectivity index (χ4n) is 2.87. The number of H-pyrrole nitrogens is 2. The van der Waals surface area contributed by atoms with Crippen LogP contribution < -0.4 is 10.6 Å². The van der Waals surface area contributed by atoms with Gasteiger partial charge in [0.15, 0.2) is 5.69 Å². The number of aromatic amines is 2. The molecule has 0 saturated heterocycles. The summed E-state index contributed by atoms with van der Waals surface area (Å²) in [6.45, 7) is 1.91. The first kappa shape index (κ1) is 16.8. The van der Waals surface area contributed by atoms with Gasteiger partial charge in [-0.2, -0.15) is 5.10 Å². The maximum Gasteiger partial charge on any atom is 0.273 e. The zero-order valence-electron chi connectivity index (χ0n) is 14.6. The summed E-state index contributed by atoms with van der Waals surface area (Å²) in [7, 11) is 0. The topological polar surface area (TPSA) is 116 Å². The third-order valence-corrected chi connectivity index (χ3v) is 4.34. The number of para-hydroxylation sites is 1. The maximum atomic E-state index is 12.4. The lowest BCUT2D eigenvalue weighted by Crippen LogP contribution is -2.44. The molecule has 8 heteroatoms. The minimum Gasteiger partial charge on any atom is -0.349 e. The van der Waals surface area contributed by atoms with E-state index in [1.807, 2.05) is 42.6 Å². The number of fused-ring (bicyclic) bond motifs is 2. The standard InChI is InChI=1S/C19H18N6O2/c1-11(22-19(27)16-14-4-2-3-5-15(14)24-25-16)18(26)21-10-13-7-6-12-8-9-20-17(12)23-13/h2-9,11H,10H2,1H3,(H,20,23)(H,21,26)(H,22,27)(H,24,25). The van der Waals surface area contributed by atoms with E-state index in [1.165, 1.54) is 0 Å². The van der Waals surface area contributed by atoms with Gasteiger partial charge in [0.1, 0.15) is 11.7 Å². The summed E-state index contributed by atoms with van der Waals surface area (Å²) in [6, 6.07) is 12.4. The number of nitrogens with zero attached hydrogens (tertiary/aromatic N) is 2. The minimum atomic E-state index is -0.706. The summed E-state index contributed by atoms with van der Waals surface area (Å²) in [5.74, 6) is -0.697. The molecule has 0 bridgehead atoms. The highest BCUT2D eigenvalue weighted by atomic mass is 16.2. The highest BCUT2D eigenvalue weighted by Crippen LogP contribution is 2.15. The molecule has 1 atom stereocenters. The van der Waals surface area contributed by atoms with Crippen LogP contribution in [0.3, 0.4) is 0 Å². The van der Waals surface area contributed by atoms with Gasteiger partial charge >= 0.3 is 0 Å². The molecule has 0 aliphatic carbocycles. The predicted molar refractivity (Wildman–Crippen MR) is 101 cm³/mol. The van der Waals surface area contributed by atoms with Crippen LogP contribution in [-0.4, -0.2) is 38.0 Å². The van der Waals surface area contributed by atoms with Crippen LogP contribution in [0, 0.1) is 0 Å². The molecule has 27 heavy (non-hydrogen) atoms. The van der Waals surface area contributed by atoms with Crippen molar-refractivity contribution in [1.29, 1.82) is 0 Å². The first-order valence-corrected chi connectivity index (χ1v) is 8.56. The molecule has 0 fully saturated rings. The second kappa shape index (κ2) is 6.91. The third-order valence-electron chi connectivity index (χ3n) is 4.34. The molecular formula is C19H18N6O2. The zero-order valence-corrected chi connectivity index (χ0v) is 14.6. The monoisotopic (exact) mass is 362 g/mol. The van der Waals surface area contributed by atoms with E-state index < -0.39 is 11.9 Å². The van der Waals surface area contributed by atoms with Crippen molar-refractivity contribution in [3.8, 4) is 0 Å². The number of nitrogens with one attached hydrogen (secondary N) is 4. The van der Waals surface area contributed by atoms with Gasteiger partial charge in [0.2, 0.25) is 5.91 Å². The van der Waals surface area contributed by atoms with Gasteiger partial charge in [-0.3, -0.25) is 14.7 Å². The van der Waals surface area contributed by atoms with Crippen molar-refractivity contribution in [2.45, 2.75) is 19.5 Å². The van der Waals surface area contributed by atoms with E-state index in [4.69, 9.17) is 0 Å². The Hall–Kier alpha value is -3.68. The highest BCUT2D eigenvalue weighted by molar-refractivity contribution is 6.05. The molecule has 136 valence electrons. The van der Waals surface area contributed by atoms with Crippen LogP contribution in [0.4, 0.5) is 0 Å². The molecular weight excluding hydrogens is 344 g/mol. The van der Waals surface area contributed by atoms with Crippen LogP contribution in [0.15, 0.2) is 48.7 Å². The largest absolute Gasteiger partial charge is 0.349 e. The molecule has 2 amide bonds. The summed E-state index contributed by atoms with van der Waals surface area (Å²) in [4.78, 5) is 32.2. The van der Waals surface area contributed by atoms with Crippen molar-refractivity contribution in [3.63, 3.8) is 0 Å². The van der Waals surface area contributed by atoms with Gasteiger partial charge in [-0.15, -0.1) is 0 Å². The van der Waals surface area contributed by atoms with Crippen molar-refractivity contribution in [1.82, 2.24) is 30.8 Å². The van der Waals surface area contributed by atoms with Gasteiger partial charge in [-0.25, -0.2) is 4.98 Å². The SMILES string of the molecule is CC(NC(=O)c1n[nH]c2ccccc12)C(=O)NCc1ccc2cc[nH]c2n1. The predicted octanol–water partition coefficient (Wildman–Crippen LogP) is 1.87. The molecule has 0 saturated carbocycles. The summed E-state index contributed by atoms with van der Waals surface area (Å²) in [5.41, 5.74) is 2.54. The van der Waals surface area contributed by atoms with E-state index in [0.717, 1.165) is 22.2 Å². The van der Waals surface area contributed by atoms with E-state index in [1.54, 1.807) is 13.0 Å². The lowest BCUT2D eigenvalue weighted by Gasteiger charge is -2.13. The summed E-state index contributed by atoms with van der Waals surface area (Å²) in [5, 5.41) is 14.0. The van der Waals surface area contributed by atoms with E-state index in [2.05, 4.69) is 30.8 Å². The van der Waals surface area contributed by atoms with Crippen molar-refractivity contribution in [2.75, 3.05) is 0 Å². The first-order chi connectivity index (χ1) is 13.1. The number of benzene rings is 1. The molecule has 4 N–H and O–H groups in total. The van der Waals surface area contributed by atoms with Crippen LogP contribution in [0.25, 0.3) is 21.9 Å². The van der Waals surface area contributed by atoms with Gasteiger partial charge < -0.3 is 15.6 Å². The molecule has 1 unspecified atom stereocenters. The number of pyridine rings is 1. The van der Waals surface area contributed by atoms with Crippen LogP contribution >= 0.6 is 0 Å². The lowest BCUT2D eigenvalue weighted by atomic mass is 10.2. The molecule has 8 nitrogen and oxygen atoms in total. The molecule has 3 heterocycles. The number of hydrogen-bond donors (Lipinski definition) is 4. The van der Waals surface area contributed by atoms with Crippen LogP contribution in [-0.2, 0) is 11.3 Å². The molecule has 4 aromatic rings. The van der Waals surface area contributed by atoms with Crippen molar-refractivity contribution in [3.05, 3.63) is 60.0 Å². The Morgan fingerprint density at radius 3 is 2.89 bits per heavy atom. The van der Waals surface area contributed by atoms with Crippen molar-refractivity contribution < 1.29 is 9.59 Å².